The van der Waals surface area contributed by atoms with Crippen LogP contribution in [-0.2, 0) is 28.7 Å². The molecule has 0 aliphatic carbocycles. The number of hydrogen-bond acceptors (Lipinski definition) is 8. The standard InChI is InChI=1S/C23H29FN2O3.2C4H4O4/c24-21-10-8-20(9-11-21)23(19-5-2-1-3-6-19)29-18-17-26-15-13-25(14-16-26)12-4-7-22(27)28;2*5-3(6)1-2-4(7)8/h1-3,5-6,8-11,23H,4,7,12-18H2,(H,27,28);2*1-2H,(H,5,6)(H,7,8)/b;2*2-1+. The van der Waals surface area contributed by atoms with Gasteiger partial charge in [-0.3, -0.25) is 9.69 Å². The van der Waals surface area contributed by atoms with Gasteiger partial charge in [-0.1, -0.05) is 42.5 Å². The zero-order chi connectivity index (χ0) is 33.6. The number of hydrogen-bond donors (Lipinski definition) is 5. The summed E-state index contributed by atoms with van der Waals surface area (Å²) < 4.78 is 19.5. The number of benzene rings is 2. The van der Waals surface area contributed by atoms with E-state index < -0.39 is 29.8 Å². The van der Waals surface area contributed by atoms with Crippen LogP contribution in [0.3, 0.4) is 0 Å². The first-order valence-electron chi connectivity index (χ1n) is 13.7. The molecule has 0 aromatic heterocycles. The lowest BCUT2D eigenvalue weighted by molar-refractivity contribution is -0.137. The van der Waals surface area contributed by atoms with E-state index in [2.05, 4.69) is 9.80 Å². The lowest BCUT2D eigenvalue weighted by atomic mass is 10.0. The van der Waals surface area contributed by atoms with E-state index in [9.17, 15) is 28.4 Å². The fourth-order valence-electron chi connectivity index (χ4n) is 3.93. The Labute approximate surface area is 259 Å². The first kappa shape index (κ1) is 38.1. The fraction of sp³-hybridized carbons (Fsp3) is 0.323. The Balaban J connectivity index is 0.000000521. The molecule has 13 nitrogen and oxygen atoms in total. The molecule has 0 bridgehead atoms. The predicted octanol–water partition coefficient (Wildman–Crippen LogP) is 2.84. The molecule has 1 saturated heterocycles. The quantitative estimate of drug-likeness (QED) is 0.191. The highest BCUT2D eigenvalue weighted by Gasteiger charge is 2.19. The van der Waals surface area contributed by atoms with Crippen LogP contribution < -0.4 is 0 Å². The summed E-state index contributed by atoms with van der Waals surface area (Å²) in [4.78, 5) is 53.5. The molecule has 0 radical (unpaired) electrons. The van der Waals surface area contributed by atoms with Crippen molar-refractivity contribution >= 4 is 29.8 Å². The van der Waals surface area contributed by atoms with Crippen molar-refractivity contribution in [2.24, 2.45) is 0 Å². The number of piperazine rings is 1. The number of carboxylic acid groups (broad SMARTS) is 5. The van der Waals surface area contributed by atoms with E-state index in [1.165, 1.54) is 12.1 Å². The van der Waals surface area contributed by atoms with Gasteiger partial charge in [0.1, 0.15) is 11.9 Å². The summed E-state index contributed by atoms with van der Waals surface area (Å²) in [7, 11) is 0. The predicted molar refractivity (Wildman–Crippen MR) is 159 cm³/mol. The highest BCUT2D eigenvalue weighted by molar-refractivity contribution is 5.90. The molecule has 0 saturated carbocycles. The minimum atomic E-state index is -1.26. The molecule has 3 rings (SSSR count). The van der Waals surface area contributed by atoms with Crippen LogP contribution in [0.4, 0.5) is 4.39 Å². The van der Waals surface area contributed by atoms with Crippen LogP contribution in [0, 0.1) is 5.82 Å². The van der Waals surface area contributed by atoms with Crippen molar-refractivity contribution in [3.05, 3.63) is 95.8 Å². The van der Waals surface area contributed by atoms with Crippen LogP contribution in [0.1, 0.15) is 30.1 Å². The zero-order valence-corrected chi connectivity index (χ0v) is 24.4. The van der Waals surface area contributed by atoms with E-state index in [-0.39, 0.29) is 18.3 Å². The van der Waals surface area contributed by atoms with Gasteiger partial charge in [0, 0.05) is 63.4 Å². The topological polar surface area (TPSA) is 202 Å². The van der Waals surface area contributed by atoms with E-state index in [0.717, 1.165) is 50.4 Å². The molecule has 5 N–H and O–H groups in total. The Morgan fingerprint density at radius 1 is 0.667 bits per heavy atom. The lowest BCUT2D eigenvalue weighted by Gasteiger charge is -2.34. The van der Waals surface area contributed by atoms with Gasteiger partial charge in [0.2, 0.25) is 0 Å². The van der Waals surface area contributed by atoms with Gasteiger partial charge in [0.05, 0.1) is 6.61 Å². The van der Waals surface area contributed by atoms with Gasteiger partial charge in [-0.2, -0.15) is 0 Å². The number of nitrogens with zero attached hydrogens (tertiary/aromatic N) is 2. The molecule has 1 fully saturated rings. The van der Waals surface area contributed by atoms with Crippen molar-refractivity contribution < 1.29 is 58.6 Å². The largest absolute Gasteiger partial charge is 0.481 e. The molecule has 0 spiro atoms. The second kappa shape index (κ2) is 21.7. The zero-order valence-electron chi connectivity index (χ0n) is 24.4. The van der Waals surface area contributed by atoms with Crippen LogP contribution >= 0.6 is 0 Å². The second-order valence-electron chi connectivity index (χ2n) is 9.41. The van der Waals surface area contributed by atoms with Crippen molar-refractivity contribution in [3.63, 3.8) is 0 Å². The van der Waals surface area contributed by atoms with Gasteiger partial charge < -0.3 is 35.2 Å². The average molecular weight is 633 g/mol. The number of halogens is 1. The molecule has 1 unspecified atom stereocenters. The molecule has 1 heterocycles. The smallest absolute Gasteiger partial charge is 0.328 e. The van der Waals surface area contributed by atoms with Crippen molar-refractivity contribution in [1.82, 2.24) is 9.80 Å². The molecule has 2 aromatic carbocycles. The second-order valence-corrected chi connectivity index (χ2v) is 9.41. The van der Waals surface area contributed by atoms with E-state index in [1.54, 1.807) is 12.1 Å². The summed E-state index contributed by atoms with van der Waals surface area (Å²) in [5.74, 6) is -6.00. The summed E-state index contributed by atoms with van der Waals surface area (Å²) in [5, 5.41) is 40.0. The summed E-state index contributed by atoms with van der Waals surface area (Å²) >= 11 is 0. The number of carbonyl (C=O) groups is 5. The molecule has 1 atom stereocenters. The molecule has 1 aliphatic heterocycles. The summed E-state index contributed by atoms with van der Waals surface area (Å²) in [6, 6.07) is 16.5. The third-order valence-electron chi connectivity index (χ3n) is 6.03. The van der Waals surface area contributed by atoms with Crippen LogP contribution in [0.25, 0.3) is 0 Å². The first-order valence-corrected chi connectivity index (χ1v) is 13.7. The third-order valence-corrected chi connectivity index (χ3v) is 6.03. The number of rotatable bonds is 14. The SMILES string of the molecule is O=C(O)/C=C/C(=O)O.O=C(O)/C=C/C(=O)O.O=C(O)CCCN1CCN(CCOC(c2ccccc2)c2ccc(F)cc2)CC1. The highest BCUT2D eigenvalue weighted by Crippen LogP contribution is 2.26. The van der Waals surface area contributed by atoms with Crippen molar-refractivity contribution in [1.29, 1.82) is 0 Å². The summed E-state index contributed by atoms with van der Waals surface area (Å²) in [5.41, 5.74) is 2.00. The maximum absolute atomic E-state index is 13.3. The number of ether oxygens (including phenoxy) is 1. The first-order chi connectivity index (χ1) is 21.4. The van der Waals surface area contributed by atoms with Crippen molar-refractivity contribution in [2.75, 3.05) is 45.9 Å². The summed E-state index contributed by atoms with van der Waals surface area (Å²) in [6.45, 7) is 6.12. The Kier molecular flexibility index (Phi) is 18.4. The fourth-order valence-corrected chi connectivity index (χ4v) is 3.93. The van der Waals surface area contributed by atoms with E-state index in [1.807, 2.05) is 30.3 Å². The maximum atomic E-state index is 13.3. The van der Waals surface area contributed by atoms with Crippen LogP contribution in [0.2, 0.25) is 0 Å². The molecular formula is C31H37FN2O11. The monoisotopic (exact) mass is 632 g/mol. The van der Waals surface area contributed by atoms with Crippen molar-refractivity contribution in [3.8, 4) is 0 Å². The molecule has 2 aromatic rings. The average Bonchev–Trinajstić information content (AvgIpc) is 2.99. The number of carboxylic acids is 5. The summed E-state index contributed by atoms with van der Waals surface area (Å²) in [6.07, 6.45) is 2.96. The molecule has 1 aliphatic rings. The van der Waals surface area contributed by atoms with E-state index in [4.69, 9.17) is 30.3 Å². The molecule has 14 heteroatoms. The van der Waals surface area contributed by atoms with Gasteiger partial charge >= 0.3 is 29.8 Å². The molecule has 45 heavy (non-hydrogen) atoms. The van der Waals surface area contributed by atoms with Crippen LogP contribution in [-0.4, -0.2) is 111 Å². The Morgan fingerprint density at radius 2 is 1.09 bits per heavy atom. The van der Waals surface area contributed by atoms with Gasteiger partial charge in [-0.05, 0) is 36.2 Å². The molecule has 0 amide bonds. The van der Waals surface area contributed by atoms with Crippen LogP contribution in [0.15, 0.2) is 78.9 Å². The van der Waals surface area contributed by atoms with E-state index >= 15 is 0 Å². The Morgan fingerprint density at radius 3 is 1.51 bits per heavy atom. The van der Waals surface area contributed by atoms with Gasteiger partial charge in [0.25, 0.3) is 0 Å². The van der Waals surface area contributed by atoms with Crippen molar-refractivity contribution in [2.45, 2.75) is 18.9 Å². The van der Waals surface area contributed by atoms with Gasteiger partial charge in [-0.15, -0.1) is 0 Å². The van der Waals surface area contributed by atoms with Gasteiger partial charge in [-0.25, -0.2) is 23.6 Å². The van der Waals surface area contributed by atoms with Gasteiger partial charge in [0.15, 0.2) is 0 Å². The minimum absolute atomic E-state index is 0.214. The highest BCUT2D eigenvalue weighted by atomic mass is 19.1. The minimum Gasteiger partial charge on any atom is -0.481 e. The normalized spacial score (nSPS) is 14.1. The molecule has 244 valence electrons. The third kappa shape index (κ3) is 19.1. The maximum Gasteiger partial charge on any atom is 0.328 e. The van der Waals surface area contributed by atoms with E-state index in [0.29, 0.717) is 37.3 Å². The Bertz CT molecular complexity index is 1210. The lowest BCUT2D eigenvalue weighted by Crippen LogP contribution is -2.47. The van der Waals surface area contributed by atoms with Crippen LogP contribution in [0.5, 0.6) is 0 Å². The number of aliphatic carboxylic acids is 5. The Hall–Kier alpha value is -4.92. The molecular weight excluding hydrogens is 595 g/mol.